The van der Waals surface area contributed by atoms with Gasteiger partial charge in [0, 0.05) is 5.41 Å². The van der Waals surface area contributed by atoms with Gasteiger partial charge in [-0.3, -0.25) is 4.79 Å². The first-order chi connectivity index (χ1) is 6.08. The van der Waals surface area contributed by atoms with Crippen LogP contribution in [0.1, 0.15) is 19.3 Å². The maximum Gasteiger partial charge on any atom is 0.311 e. The second kappa shape index (κ2) is 2.24. The summed E-state index contributed by atoms with van der Waals surface area (Å²) in [6.45, 7) is 0. The highest BCUT2D eigenvalue weighted by Crippen LogP contribution is 2.74. The van der Waals surface area contributed by atoms with Crippen LogP contribution in [-0.4, -0.2) is 19.1 Å². The number of carbonyl (C=O) groups is 1. The summed E-state index contributed by atoms with van der Waals surface area (Å²) in [7, 11) is 1.40. The molecule has 3 aliphatic carbocycles. The van der Waals surface area contributed by atoms with Crippen molar-refractivity contribution in [2.75, 3.05) is 7.11 Å². The molecule has 1 atom stereocenters. The molecular weight excluding hydrogens is 168 g/mol. The summed E-state index contributed by atoms with van der Waals surface area (Å²) < 4.78 is 4.69. The number of nitrogens with two attached hydrogens (primary N) is 1. The molecule has 0 spiro atoms. The third-order valence-corrected chi connectivity index (χ3v) is 3.49. The zero-order chi connectivity index (χ0) is 9.69. The molecule has 0 aromatic heterocycles. The Hall–Kier alpha value is -1.08. The molecule has 0 unspecified atom stereocenters. The number of esters is 1. The summed E-state index contributed by atoms with van der Waals surface area (Å²) >= 11 is 0. The maximum absolute atomic E-state index is 11.3. The Bertz CT molecular complexity index is 285. The van der Waals surface area contributed by atoms with Gasteiger partial charge in [0.15, 0.2) is 0 Å². The summed E-state index contributed by atoms with van der Waals surface area (Å²) in [6.07, 6.45) is 2.21. The van der Waals surface area contributed by atoms with Crippen molar-refractivity contribution < 1.29 is 9.53 Å². The van der Waals surface area contributed by atoms with Crippen LogP contribution in [0.3, 0.4) is 0 Å². The van der Waals surface area contributed by atoms with E-state index in [0.717, 1.165) is 19.3 Å². The average molecular weight is 180 g/mol. The van der Waals surface area contributed by atoms with Gasteiger partial charge in [0.25, 0.3) is 0 Å². The fraction of sp³-hybridized carbons (Fsp3) is 0.778. The second-order valence-electron chi connectivity index (χ2n) is 4.27. The molecule has 3 rings (SSSR count). The molecule has 3 aliphatic rings. The van der Waals surface area contributed by atoms with Gasteiger partial charge < -0.3 is 10.5 Å². The van der Waals surface area contributed by atoms with Crippen LogP contribution in [0, 0.1) is 22.2 Å². The predicted molar refractivity (Wildman–Crippen MR) is 44.3 cm³/mol. The minimum absolute atomic E-state index is 0.0665. The highest BCUT2D eigenvalue weighted by atomic mass is 16.5. The molecule has 3 fully saturated rings. The molecule has 2 bridgehead atoms. The Balaban J connectivity index is 2.01. The average Bonchev–Trinajstić information content (AvgIpc) is 1.98. The third-order valence-electron chi connectivity index (χ3n) is 3.49. The highest BCUT2D eigenvalue weighted by molar-refractivity contribution is 5.81. The van der Waals surface area contributed by atoms with Gasteiger partial charge >= 0.3 is 5.97 Å². The van der Waals surface area contributed by atoms with Gasteiger partial charge in [-0.2, -0.15) is 5.26 Å². The van der Waals surface area contributed by atoms with Gasteiger partial charge in [0.05, 0.1) is 24.6 Å². The van der Waals surface area contributed by atoms with E-state index >= 15 is 0 Å². The standard InChI is InChI=1S/C9H12N2O2/c1-13-7(12)9-3-8(4-9,5-9)6(11)2-10/h6H,3-5,11H2,1H3/t6-,8?,9?/m1/s1. The molecule has 0 saturated heterocycles. The zero-order valence-electron chi connectivity index (χ0n) is 7.54. The molecule has 3 saturated carbocycles. The van der Waals surface area contributed by atoms with Gasteiger partial charge in [-0.15, -0.1) is 0 Å². The number of methoxy groups -OCH3 is 1. The maximum atomic E-state index is 11.3. The van der Waals surface area contributed by atoms with E-state index in [1.807, 2.05) is 6.07 Å². The fourth-order valence-electron chi connectivity index (χ4n) is 2.77. The Morgan fingerprint density at radius 2 is 2.15 bits per heavy atom. The third kappa shape index (κ3) is 0.802. The second-order valence-corrected chi connectivity index (χ2v) is 4.27. The van der Waals surface area contributed by atoms with Crippen LogP contribution >= 0.6 is 0 Å². The topological polar surface area (TPSA) is 76.1 Å². The van der Waals surface area contributed by atoms with Gasteiger partial charge in [-0.25, -0.2) is 0 Å². The van der Waals surface area contributed by atoms with E-state index in [9.17, 15) is 4.79 Å². The number of nitrogens with zero attached hydrogens (tertiary/aromatic N) is 1. The lowest BCUT2D eigenvalue weighted by atomic mass is 9.33. The van der Waals surface area contributed by atoms with Gasteiger partial charge in [-0.1, -0.05) is 0 Å². The van der Waals surface area contributed by atoms with Crippen molar-refractivity contribution >= 4 is 5.97 Å². The van der Waals surface area contributed by atoms with E-state index in [1.54, 1.807) is 0 Å². The SMILES string of the molecule is COC(=O)C12CC([C@H](N)C#N)(C1)C2. The van der Waals surface area contributed by atoms with Crippen molar-refractivity contribution in [3.8, 4) is 6.07 Å². The number of nitriles is 1. The van der Waals surface area contributed by atoms with E-state index in [4.69, 9.17) is 15.7 Å². The van der Waals surface area contributed by atoms with Crippen LogP contribution in [0.5, 0.6) is 0 Å². The van der Waals surface area contributed by atoms with Crippen LogP contribution in [0.4, 0.5) is 0 Å². The lowest BCUT2D eigenvalue weighted by Gasteiger charge is -2.69. The Morgan fingerprint density at radius 1 is 1.62 bits per heavy atom. The van der Waals surface area contributed by atoms with E-state index in [1.165, 1.54) is 7.11 Å². The van der Waals surface area contributed by atoms with Crippen LogP contribution in [0.25, 0.3) is 0 Å². The van der Waals surface area contributed by atoms with Crippen LogP contribution in [0.2, 0.25) is 0 Å². The normalized spacial score (nSPS) is 42.2. The highest BCUT2D eigenvalue weighted by Gasteiger charge is 2.74. The molecule has 70 valence electrons. The molecule has 4 heteroatoms. The molecule has 0 aromatic carbocycles. The van der Waals surface area contributed by atoms with Crippen molar-refractivity contribution in [3.05, 3.63) is 0 Å². The molecule has 0 radical (unpaired) electrons. The van der Waals surface area contributed by atoms with Gasteiger partial charge in [-0.05, 0) is 19.3 Å². The predicted octanol–water partition coefficient (Wildman–Crippen LogP) is 0.181. The number of carbonyl (C=O) groups excluding carboxylic acids is 1. The van der Waals surface area contributed by atoms with E-state index < -0.39 is 6.04 Å². The van der Waals surface area contributed by atoms with E-state index in [0.29, 0.717) is 0 Å². The van der Waals surface area contributed by atoms with Crippen molar-refractivity contribution in [1.29, 1.82) is 5.26 Å². The number of rotatable bonds is 2. The molecule has 0 amide bonds. The Morgan fingerprint density at radius 3 is 2.54 bits per heavy atom. The fourth-order valence-corrected chi connectivity index (χ4v) is 2.77. The first kappa shape index (κ1) is 8.52. The summed E-state index contributed by atoms with van der Waals surface area (Å²) in [4.78, 5) is 11.3. The monoisotopic (exact) mass is 180 g/mol. The smallest absolute Gasteiger partial charge is 0.311 e. The summed E-state index contributed by atoms with van der Waals surface area (Å²) in [5.74, 6) is -0.139. The molecule has 0 aliphatic heterocycles. The zero-order valence-corrected chi connectivity index (χ0v) is 7.54. The molecule has 0 aromatic rings. The van der Waals surface area contributed by atoms with Gasteiger partial charge in [0.2, 0.25) is 0 Å². The van der Waals surface area contributed by atoms with Crippen molar-refractivity contribution in [2.24, 2.45) is 16.6 Å². The van der Waals surface area contributed by atoms with Crippen LogP contribution < -0.4 is 5.73 Å². The van der Waals surface area contributed by atoms with Crippen molar-refractivity contribution in [3.63, 3.8) is 0 Å². The molecule has 0 heterocycles. The summed E-state index contributed by atoms with van der Waals surface area (Å²) in [6, 6.07) is 1.63. The largest absolute Gasteiger partial charge is 0.469 e. The van der Waals surface area contributed by atoms with Crippen molar-refractivity contribution in [2.45, 2.75) is 25.3 Å². The number of hydrogen-bond donors (Lipinski definition) is 1. The molecule has 13 heavy (non-hydrogen) atoms. The molecule has 4 nitrogen and oxygen atoms in total. The van der Waals surface area contributed by atoms with E-state index in [2.05, 4.69) is 0 Å². The van der Waals surface area contributed by atoms with Crippen molar-refractivity contribution in [1.82, 2.24) is 0 Å². The Labute approximate surface area is 76.7 Å². The van der Waals surface area contributed by atoms with E-state index in [-0.39, 0.29) is 16.8 Å². The van der Waals surface area contributed by atoms with Crippen LogP contribution in [0.15, 0.2) is 0 Å². The number of ether oxygens (including phenoxy) is 1. The molecular formula is C9H12N2O2. The minimum Gasteiger partial charge on any atom is -0.469 e. The molecule has 2 N–H and O–H groups in total. The minimum atomic E-state index is -0.418. The van der Waals surface area contributed by atoms with Gasteiger partial charge in [0.1, 0.15) is 0 Å². The summed E-state index contributed by atoms with van der Waals surface area (Å²) in [5, 5.41) is 8.65. The van der Waals surface area contributed by atoms with Crippen LogP contribution in [-0.2, 0) is 9.53 Å². The Kier molecular flexibility index (Phi) is 1.46. The quantitative estimate of drug-likeness (QED) is 0.615. The first-order valence-corrected chi connectivity index (χ1v) is 4.32. The lowest BCUT2D eigenvalue weighted by Crippen LogP contribution is -2.71. The lowest BCUT2D eigenvalue weighted by molar-refractivity contribution is -0.227. The summed E-state index contributed by atoms with van der Waals surface area (Å²) in [5.41, 5.74) is 5.30. The number of hydrogen-bond acceptors (Lipinski definition) is 4. The first-order valence-electron chi connectivity index (χ1n) is 4.32.